The minimum absolute atomic E-state index is 0.232. The third-order valence-corrected chi connectivity index (χ3v) is 5.25. The third-order valence-electron chi connectivity index (χ3n) is 5.25. The Labute approximate surface area is 184 Å². The fraction of sp³-hybridized carbons (Fsp3) is 0.208. The molecule has 2 nitrogen and oxygen atoms in total. The van der Waals surface area contributed by atoms with Crippen LogP contribution in [0.25, 0.3) is 11.1 Å². The average Bonchev–Trinajstić information content (AvgIpc) is 3.23. The van der Waals surface area contributed by atoms with Gasteiger partial charge in [-0.25, -0.2) is 13.2 Å². The first kappa shape index (κ1) is 22.8. The number of ether oxygens (including phenoxy) is 1. The van der Waals surface area contributed by atoms with Crippen molar-refractivity contribution in [2.75, 3.05) is 0 Å². The van der Waals surface area contributed by atoms with Crippen molar-refractivity contribution in [1.82, 2.24) is 0 Å². The first-order valence-corrected chi connectivity index (χ1v) is 9.91. The van der Waals surface area contributed by atoms with Crippen molar-refractivity contribution < 1.29 is 35.5 Å². The number of benzene rings is 3. The van der Waals surface area contributed by atoms with Crippen molar-refractivity contribution >= 4 is 5.71 Å². The van der Waals surface area contributed by atoms with Crippen molar-refractivity contribution in [2.45, 2.75) is 31.4 Å². The summed E-state index contributed by atoms with van der Waals surface area (Å²) in [5, 5.41) is 0. The van der Waals surface area contributed by atoms with E-state index in [0.29, 0.717) is 30.5 Å². The second-order valence-corrected chi connectivity index (χ2v) is 7.49. The Hall–Kier alpha value is -3.36. The van der Waals surface area contributed by atoms with Gasteiger partial charge in [-0.1, -0.05) is 36.4 Å². The Morgan fingerprint density at radius 3 is 1.94 bits per heavy atom. The molecular formula is C24H16F7NO. The smallest absolute Gasteiger partial charge is 0.428 e. The normalized spacial score (nSPS) is 16.2. The molecule has 0 aliphatic carbocycles. The second kappa shape index (κ2) is 8.88. The number of aliphatic imine (C=N–C) groups is 1. The van der Waals surface area contributed by atoms with Crippen LogP contribution in [0.15, 0.2) is 65.7 Å². The van der Waals surface area contributed by atoms with Gasteiger partial charge in [-0.05, 0) is 41.7 Å². The van der Waals surface area contributed by atoms with Gasteiger partial charge in [0.05, 0.1) is 11.6 Å². The fourth-order valence-electron chi connectivity index (χ4n) is 3.65. The van der Waals surface area contributed by atoms with Crippen molar-refractivity contribution in [1.29, 1.82) is 0 Å². The summed E-state index contributed by atoms with van der Waals surface area (Å²) in [7, 11) is 0. The molecule has 1 heterocycles. The van der Waals surface area contributed by atoms with E-state index in [4.69, 9.17) is 0 Å². The van der Waals surface area contributed by atoms with Crippen molar-refractivity contribution in [3.63, 3.8) is 0 Å². The Kier molecular flexibility index (Phi) is 6.14. The largest absolute Gasteiger partial charge is 0.461 e. The summed E-state index contributed by atoms with van der Waals surface area (Å²) < 4.78 is 95.8. The maximum Gasteiger partial charge on any atom is 0.461 e. The molecule has 4 rings (SSSR count). The van der Waals surface area contributed by atoms with Gasteiger partial charge in [0, 0.05) is 17.8 Å². The van der Waals surface area contributed by atoms with Gasteiger partial charge in [-0.2, -0.15) is 17.6 Å². The summed E-state index contributed by atoms with van der Waals surface area (Å²) in [6, 6.07) is 13.2. The van der Waals surface area contributed by atoms with Gasteiger partial charge in [0.2, 0.25) is 0 Å². The Morgan fingerprint density at radius 1 is 0.848 bits per heavy atom. The van der Waals surface area contributed by atoms with Crippen LogP contribution in [-0.2, 0) is 0 Å². The molecule has 0 aromatic heterocycles. The van der Waals surface area contributed by atoms with E-state index in [2.05, 4.69) is 9.73 Å². The van der Waals surface area contributed by atoms with Crippen LogP contribution in [0.3, 0.4) is 0 Å². The highest BCUT2D eigenvalue weighted by molar-refractivity contribution is 6.02. The highest BCUT2D eigenvalue weighted by Gasteiger charge is 2.43. The predicted octanol–water partition coefficient (Wildman–Crippen LogP) is 7.33. The highest BCUT2D eigenvalue weighted by Crippen LogP contribution is 2.34. The van der Waals surface area contributed by atoms with E-state index in [1.807, 2.05) is 0 Å². The molecule has 3 aromatic carbocycles. The van der Waals surface area contributed by atoms with Crippen LogP contribution in [0, 0.1) is 17.5 Å². The molecule has 0 fully saturated rings. The SMILES string of the molecule is Fc1cc(F)c(C2=NC(c3ccc(-c4ccc(OC(F)(F)C(F)F)cc4)cc3)CC2)c(F)c1. The van der Waals surface area contributed by atoms with Crippen LogP contribution in [0.4, 0.5) is 30.7 Å². The number of halogens is 7. The lowest BCUT2D eigenvalue weighted by atomic mass is 9.99. The fourth-order valence-corrected chi connectivity index (χ4v) is 3.65. The van der Waals surface area contributed by atoms with Gasteiger partial charge in [-0.3, -0.25) is 4.99 Å². The summed E-state index contributed by atoms with van der Waals surface area (Å²) in [5.41, 5.74) is 2.07. The van der Waals surface area contributed by atoms with Crippen molar-refractivity contribution in [2.24, 2.45) is 4.99 Å². The topological polar surface area (TPSA) is 21.6 Å². The Morgan fingerprint density at radius 2 is 1.39 bits per heavy atom. The maximum absolute atomic E-state index is 14.0. The summed E-state index contributed by atoms with van der Waals surface area (Å²) in [5.74, 6) is -3.39. The number of rotatable bonds is 6. The molecule has 0 saturated heterocycles. The van der Waals surface area contributed by atoms with E-state index >= 15 is 0 Å². The molecule has 0 N–H and O–H groups in total. The van der Waals surface area contributed by atoms with Gasteiger partial charge in [0.15, 0.2) is 0 Å². The zero-order chi connectivity index (χ0) is 23.8. The molecule has 0 saturated carbocycles. The third kappa shape index (κ3) is 4.86. The van der Waals surface area contributed by atoms with Crippen molar-refractivity contribution in [3.8, 4) is 16.9 Å². The number of hydrogen-bond donors (Lipinski definition) is 0. The maximum atomic E-state index is 14.0. The van der Waals surface area contributed by atoms with Crippen LogP contribution >= 0.6 is 0 Å². The van der Waals surface area contributed by atoms with E-state index in [1.54, 1.807) is 24.3 Å². The lowest BCUT2D eigenvalue weighted by Crippen LogP contribution is -2.33. The summed E-state index contributed by atoms with van der Waals surface area (Å²) in [4.78, 5) is 4.41. The highest BCUT2D eigenvalue weighted by atomic mass is 19.3. The molecule has 33 heavy (non-hydrogen) atoms. The molecule has 1 unspecified atom stereocenters. The second-order valence-electron chi connectivity index (χ2n) is 7.49. The first-order valence-electron chi connectivity index (χ1n) is 9.91. The molecule has 3 aromatic rings. The Balaban J connectivity index is 1.49. The first-order chi connectivity index (χ1) is 15.6. The molecule has 1 aliphatic rings. The van der Waals surface area contributed by atoms with Gasteiger partial charge in [0.1, 0.15) is 23.2 Å². The Bertz CT molecular complexity index is 1150. The molecule has 0 bridgehead atoms. The standard InChI is InChI=1S/C24H16F7NO/c25-16-11-18(26)22(19(27)12-16)21-10-9-20(32-21)15-3-1-13(2-4-15)14-5-7-17(8-6-14)33-24(30,31)23(28)29/h1-8,11-12,20,23H,9-10H2. The van der Waals surface area contributed by atoms with E-state index in [9.17, 15) is 30.7 Å². The van der Waals surface area contributed by atoms with Gasteiger partial charge in [-0.15, -0.1) is 0 Å². The van der Waals surface area contributed by atoms with E-state index in [-0.39, 0.29) is 17.3 Å². The van der Waals surface area contributed by atoms with Crippen LogP contribution in [-0.4, -0.2) is 18.2 Å². The quantitative estimate of drug-likeness (QED) is 0.348. The lowest BCUT2D eigenvalue weighted by molar-refractivity contribution is -0.253. The monoisotopic (exact) mass is 467 g/mol. The number of hydrogen-bond acceptors (Lipinski definition) is 2. The molecule has 172 valence electrons. The van der Waals surface area contributed by atoms with Gasteiger partial charge in [0.25, 0.3) is 0 Å². The molecule has 9 heteroatoms. The summed E-state index contributed by atoms with van der Waals surface area (Å²) in [6.45, 7) is 0. The average molecular weight is 467 g/mol. The van der Waals surface area contributed by atoms with Crippen LogP contribution < -0.4 is 4.74 Å². The van der Waals surface area contributed by atoms with Gasteiger partial charge < -0.3 is 4.74 Å². The molecule has 0 spiro atoms. The zero-order valence-electron chi connectivity index (χ0n) is 16.8. The van der Waals surface area contributed by atoms with Gasteiger partial charge >= 0.3 is 12.5 Å². The number of nitrogens with zero attached hydrogens (tertiary/aromatic N) is 1. The summed E-state index contributed by atoms with van der Waals surface area (Å²) >= 11 is 0. The molecular weight excluding hydrogens is 451 g/mol. The predicted molar refractivity (Wildman–Crippen MR) is 108 cm³/mol. The van der Waals surface area contributed by atoms with Crippen LogP contribution in [0.2, 0.25) is 0 Å². The van der Waals surface area contributed by atoms with E-state index in [0.717, 1.165) is 11.1 Å². The zero-order valence-corrected chi connectivity index (χ0v) is 16.8. The molecule has 1 aliphatic heterocycles. The summed E-state index contributed by atoms with van der Waals surface area (Å²) in [6.07, 6.45) is -7.67. The van der Waals surface area contributed by atoms with Crippen molar-refractivity contribution in [3.05, 3.63) is 89.2 Å². The van der Waals surface area contributed by atoms with E-state index < -0.39 is 35.7 Å². The van der Waals surface area contributed by atoms with Crippen LogP contribution in [0.5, 0.6) is 5.75 Å². The van der Waals surface area contributed by atoms with E-state index in [1.165, 1.54) is 24.3 Å². The molecule has 0 radical (unpaired) electrons. The lowest BCUT2D eigenvalue weighted by Gasteiger charge is -2.17. The minimum atomic E-state index is -4.58. The number of alkyl halides is 4. The minimum Gasteiger partial charge on any atom is -0.428 e. The molecule has 0 amide bonds. The van der Waals surface area contributed by atoms with Crippen LogP contribution in [0.1, 0.15) is 30.0 Å². The molecule has 1 atom stereocenters.